The zero-order valence-electron chi connectivity index (χ0n) is 13.5. The Morgan fingerprint density at radius 1 is 1.20 bits per heavy atom. The van der Waals surface area contributed by atoms with Crippen LogP contribution < -0.4 is 9.47 Å². The van der Waals surface area contributed by atoms with Crippen molar-refractivity contribution in [3.63, 3.8) is 0 Å². The molecule has 0 N–H and O–H groups in total. The molecule has 0 bridgehead atoms. The lowest BCUT2D eigenvalue weighted by Crippen LogP contribution is -2.34. The number of benzene rings is 1. The van der Waals surface area contributed by atoms with E-state index in [-0.39, 0.29) is 18.5 Å². The van der Waals surface area contributed by atoms with Crippen molar-refractivity contribution >= 4 is 26.0 Å². The van der Waals surface area contributed by atoms with Gasteiger partial charge in [0, 0.05) is 12.7 Å². The van der Waals surface area contributed by atoms with Crippen LogP contribution >= 0.6 is 15.9 Å². The summed E-state index contributed by atoms with van der Waals surface area (Å²) >= 11 is 3.38. The summed E-state index contributed by atoms with van der Waals surface area (Å²) in [4.78, 5) is 4.16. The third-order valence-electron chi connectivity index (χ3n) is 3.86. The van der Waals surface area contributed by atoms with E-state index in [0.29, 0.717) is 31.1 Å². The van der Waals surface area contributed by atoms with E-state index in [1.54, 1.807) is 24.4 Å². The second-order valence-electron chi connectivity index (χ2n) is 5.65. The maximum atomic E-state index is 12.5. The van der Waals surface area contributed by atoms with Gasteiger partial charge in [-0.05, 0) is 46.6 Å². The highest BCUT2D eigenvalue weighted by Gasteiger charge is 2.32. The number of nitrogens with zero attached hydrogens (tertiary/aromatic N) is 2. The molecule has 8 heteroatoms. The van der Waals surface area contributed by atoms with Gasteiger partial charge in [-0.1, -0.05) is 18.2 Å². The van der Waals surface area contributed by atoms with Crippen molar-refractivity contribution in [2.24, 2.45) is 0 Å². The third kappa shape index (κ3) is 4.93. The van der Waals surface area contributed by atoms with Crippen molar-refractivity contribution in [2.75, 3.05) is 25.4 Å². The Hall–Kier alpha value is -1.64. The topological polar surface area (TPSA) is 68.7 Å². The summed E-state index contributed by atoms with van der Waals surface area (Å²) in [6.07, 6.45) is 2.09. The monoisotopic (exact) mass is 426 g/mol. The number of hydrogen-bond donors (Lipinski definition) is 0. The molecule has 0 aliphatic carbocycles. The molecule has 0 amide bonds. The van der Waals surface area contributed by atoms with Crippen molar-refractivity contribution in [2.45, 2.75) is 12.5 Å². The number of hydrogen-bond acceptors (Lipinski definition) is 5. The van der Waals surface area contributed by atoms with Gasteiger partial charge in [0.1, 0.15) is 18.5 Å². The van der Waals surface area contributed by atoms with Crippen LogP contribution in [0.15, 0.2) is 53.1 Å². The second-order valence-corrected chi connectivity index (χ2v) is 8.60. The fourth-order valence-corrected chi connectivity index (χ4v) is 4.25. The summed E-state index contributed by atoms with van der Waals surface area (Å²) in [5.74, 6) is 1.10. The lowest BCUT2D eigenvalue weighted by molar-refractivity contribution is 0.205. The van der Waals surface area contributed by atoms with E-state index in [1.165, 1.54) is 4.31 Å². The standard InChI is InChI=1S/C17H19BrN2O4S/c18-16-7-4-9-19-17(16)24-15-8-10-20(13-15)25(21,22)12-11-23-14-5-2-1-3-6-14/h1-7,9,15H,8,10-13H2. The summed E-state index contributed by atoms with van der Waals surface area (Å²) in [6.45, 7) is 0.902. The molecule has 3 rings (SSSR count). The fraction of sp³-hybridized carbons (Fsp3) is 0.353. The van der Waals surface area contributed by atoms with Gasteiger partial charge >= 0.3 is 0 Å². The lowest BCUT2D eigenvalue weighted by atomic mass is 10.3. The third-order valence-corrected chi connectivity index (χ3v) is 6.26. The van der Waals surface area contributed by atoms with E-state index in [9.17, 15) is 8.42 Å². The summed E-state index contributed by atoms with van der Waals surface area (Å²) in [7, 11) is -3.37. The van der Waals surface area contributed by atoms with Gasteiger partial charge in [0.05, 0.1) is 16.8 Å². The number of sulfonamides is 1. The molecule has 0 spiro atoms. The van der Waals surface area contributed by atoms with Crippen molar-refractivity contribution in [3.05, 3.63) is 53.1 Å². The average Bonchev–Trinajstić information content (AvgIpc) is 3.07. The van der Waals surface area contributed by atoms with E-state index in [0.717, 1.165) is 4.47 Å². The van der Waals surface area contributed by atoms with Crippen LogP contribution in [0.3, 0.4) is 0 Å². The molecule has 1 aliphatic rings. The molecule has 1 unspecified atom stereocenters. The zero-order valence-corrected chi connectivity index (χ0v) is 15.9. The van der Waals surface area contributed by atoms with Gasteiger partial charge in [-0.3, -0.25) is 0 Å². The van der Waals surface area contributed by atoms with E-state index >= 15 is 0 Å². The van der Waals surface area contributed by atoms with Crippen LogP contribution in [0, 0.1) is 0 Å². The maximum Gasteiger partial charge on any atom is 0.228 e. The average molecular weight is 427 g/mol. The summed E-state index contributed by atoms with van der Waals surface area (Å²) in [5.41, 5.74) is 0. The van der Waals surface area contributed by atoms with Gasteiger partial charge in [-0.2, -0.15) is 4.31 Å². The number of ether oxygens (including phenoxy) is 2. The van der Waals surface area contributed by atoms with E-state index in [4.69, 9.17) is 9.47 Å². The first-order valence-corrected chi connectivity index (χ1v) is 10.4. The molecule has 1 saturated heterocycles. The van der Waals surface area contributed by atoms with E-state index in [1.807, 2.05) is 24.3 Å². The lowest BCUT2D eigenvalue weighted by Gasteiger charge is -2.17. The molecule has 1 fully saturated rings. The molecule has 1 aromatic heterocycles. The Morgan fingerprint density at radius 2 is 2.00 bits per heavy atom. The Balaban J connectivity index is 1.51. The summed E-state index contributed by atoms with van der Waals surface area (Å²) in [6, 6.07) is 12.8. The quantitative estimate of drug-likeness (QED) is 0.680. The Bertz CT molecular complexity index is 801. The van der Waals surface area contributed by atoms with Gasteiger partial charge in [0.25, 0.3) is 0 Å². The van der Waals surface area contributed by atoms with E-state index in [2.05, 4.69) is 20.9 Å². The van der Waals surface area contributed by atoms with Gasteiger partial charge in [-0.25, -0.2) is 13.4 Å². The summed E-state index contributed by atoms with van der Waals surface area (Å²) < 4.78 is 38.4. The molecule has 1 atom stereocenters. The van der Waals surface area contributed by atoms with Gasteiger partial charge in [-0.15, -0.1) is 0 Å². The first kappa shape index (κ1) is 18.2. The molecular weight excluding hydrogens is 408 g/mol. The highest BCUT2D eigenvalue weighted by Crippen LogP contribution is 2.25. The number of pyridine rings is 1. The van der Waals surface area contributed by atoms with Crippen LogP contribution in [0.2, 0.25) is 0 Å². The molecule has 1 aliphatic heterocycles. The van der Waals surface area contributed by atoms with Crippen LogP contribution in [0.25, 0.3) is 0 Å². The van der Waals surface area contributed by atoms with Crippen molar-refractivity contribution in [3.8, 4) is 11.6 Å². The number of aromatic nitrogens is 1. The Morgan fingerprint density at radius 3 is 2.76 bits per heavy atom. The SMILES string of the molecule is O=S(=O)(CCOc1ccccc1)N1CCC(Oc2ncccc2Br)C1. The molecule has 134 valence electrons. The number of rotatable bonds is 7. The number of halogens is 1. The summed E-state index contributed by atoms with van der Waals surface area (Å²) in [5, 5.41) is 0. The van der Waals surface area contributed by atoms with Crippen molar-refractivity contribution < 1.29 is 17.9 Å². The smallest absolute Gasteiger partial charge is 0.228 e. The molecule has 0 radical (unpaired) electrons. The molecule has 2 heterocycles. The van der Waals surface area contributed by atoms with Crippen molar-refractivity contribution in [1.29, 1.82) is 0 Å². The predicted octanol–water partition coefficient (Wildman–Crippen LogP) is 2.71. The fourth-order valence-electron chi connectivity index (χ4n) is 2.57. The highest BCUT2D eigenvalue weighted by atomic mass is 79.9. The van der Waals surface area contributed by atoms with E-state index < -0.39 is 10.0 Å². The van der Waals surface area contributed by atoms with Crippen LogP contribution in [-0.4, -0.2) is 49.3 Å². The van der Waals surface area contributed by atoms with Crippen LogP contribution in [0.4, 0.5) is 0 Å². The largest absolute Gasteiger partial charge is 0.492 e. The molecule has 2 aromatic rings. The van der Waals surface area contributed by atoms with Crippen LogP contribution in [0.5, 0.6) is 11.6 Å². The minimum Gasteiger partial charge on any atom is -0.492 e. The first-order valence-electron chi connectivity index (χ1n) is 7.97. The first-order chi connectivity index (χ1) is 12.0. The molecular formula is C17H19BrN2O4S. The number of para-hydroxylation sites is 1. The normalized spacial score (nSPS) is 18.2. The molecule has 0 saturated carbocycles. The van der Waals surface area contributed by atoms with Crippen LogP contribution in [-0.2, 0) is 10.0 Å². The highest BCUT2D eigenvalue weighted by molar-refractivity contribution is 9.10. The zero-order chi connectivity index (χ0) is 17.7. The predicted molar refractivity (Wildman–Crippen MR) is 98.3 cm³/mol. The molecule has 6 nitrogen and oxygen atoms in total. The van der Waals surface area contributed by atoms with Crippen LogP contribution in [0.1, 0.15) is 6.42 Å². The van der Waals surface area contributed by atoms with Gasteiger partial charge in [0.15, 0.2) is 0 Å². The van der Waals surface area contributed by atoms with Gasteiger partial charge in [0.2, 0.25) is 15.9 Å². The van der Waals surface area contributed by atoms with Crippen molar-refractivity contribution in [1.82, 2.24) is 9.29 Å². The minimum absolute atomic E-state index is 0.0537. The molecule has 25 heavy (non-hydrogen) atoms. The minimum atomic E-state index is -3.37. The Labute approximate surface area is 156 Å². The second kappa shape index (κ2) is 8.16. The maximum absolute atomic E-state index is 12.5. The molecule has 1 aromatic carbocycles. The Kier molecular flexibility index (Phi) is 5.93. The van der Waals surface area contributed by atoms with Gasteiger partial charge < -0.3 is 9.47 Å².